The average Bonchev–Trinajstić information content (AvgIpc) is 3.32. The zero-order valence-electron chi connectivity index (χ0n) is 17.5. The number of nitriles is 1. The van der Waals surface area contributed by atoms with Gasteiger partial charge in [-0.15, -0.1) is 0 Å². The minimum Gasteiger partial charge on any atom is -0.377 e. The first kappa shape index (κ1) is 24.1. The molecule has 182 valence electrons. The highest BCUT2D eigenvalue weighted by atomic mass is 19.4. The van der Waals surface area contributed by atoms with E-state index in [0.29, 0.717) is 12.1 Å². The molecule has 1 aliphatic rings. The summed E-state index contributed by atoms with van der Waals surface area (Å²) < 4.78 is 86.3. The van der Waals surface area contributed by atoms with Gasteiger partial charge in [0.1, 0.15) is 18.4 Å². The largest absolute Gasteiger partial charge is 0.416 e. The molecule has 0 saturated carbocycles. The van der Waals surface area contributed by atoms with E-state index in [0.717, 1.165) is 11.2 Å². The molecule has 1 aromatic carbocycles. The van der Waals surface area contributed by atoms with Crippen LogP contribution in [-0.2, 0) is 17.1 Å². The van der Waals surface area contributed by atoms with Crippen molar-refractivity contribution in [2.24, 2.45) is 0 Å². The number of ether oxygens (including phenoxy) is 1. The lowest BCUT2D eigenvalue weighted by molar-refractivity contribution is -0.143. The van der Waals surface area contributed by atoms with Gasteiger partial charge < -0.3 is 9.64 Å². The minimum atomic E-state index is -5.10. The molecule has 0 aliphatic carbocycles. The van der Waals surface area contributed by atoms with Gasteiger partial charge in [-0.2, -0.15) is 41.4 Å². The van der Waals surface area contributed by atoms with E-state index in [1.807, 2.05) is 6.07 Å². The molecule has 1 aliphatic heterocycles. The maximum Gasteiger partial charge on any atom is 0.416 e. The van der Waals surface area contributed by atoms with Crippen LogP contribution in [0.2, 0.25) is 0 Å². The first-order valence-electron chi connectivity index (χ1n) is 9.93. The van der Waals surface area contributed by atoms with Crippen molar-refractivity contribution in [3.63, 3.8) is 0 Å². The molecule has 4 rings (SSSR count). The van der Waals surface area contributed by atoms with Crippen molar-refractivity contribution in [2.45, 2.75) is 18.4 Å². The number of nitrogens with zero attached hydrogens (tertiary/aromatic N) is 6. The number of carbonyl (C=O) groups excluding carboxylic acids is 1. The Bertz CT molecular complexity index is 1250. The molecule has 0 bridgehead atoms. The van der Waals surface area contributed by atoms with Crippen molar-refractivity contribution < 1.29 is 35.9 Å². The van der Waals surface area contributed by atoms with Crippen LogP contribution in [0, 0.1) is 11.3 Å². The molecule has 1 saturated heterocycles. The van der Waals surface area contributed by atoms with E-state index in [1.165, 1.54) is 23.0 Å². The highest BCUT2D eigenvalue weighted by molar-refractivity contribution is 5.95. The summed E-state index contributed by atoms with van der Waals surface area (Å²) in [6, 6.07) is 4.59. The predicted molar refractivity (Wildman–Crippen MR) is 105 cm³/mol. The Labute approximate surface area is 193 Å². The lowest BCUT2D eigenvalue weighted by atomic mass is 10.0. The van der Waals surface area contributed by atoms with Crippen LogP contribution in [0.5, 0.6) is 0 Å². The molecule has 3 aromatic rings. The van der Waals surface area contributed by atoms with Gasteiger partial charge in [-0.25, -0.2) is 9.97 Å². The lowest BCUT2D eigenvalue weighted by Gasteiger charge is -2.35. The van der Waals surface area contributed by atoms with Crippen LogP contribution in [-0.4, -0.2) is 50.3 Å². The fourth-order valence-corrected chi connectivity index (χ4v) is 3.54. The van der Waals surface area contributed by atoms with Gasteiger partial charge in [-0.3, -0.25) is 4.79 Å². The number of benzene rings is 1. The number of amides is 1. The third-order valence-corrected chi connectivity index (χ3v) is 5.19. The van der Waals surface area contributed by atoms with E-state index in [9.17, 15) is 31.1 Å². The maximum absolute atomic E-state index is 13.3. The number of alkyl halides is 6. The van der Waals surface area contributed by atoms with Gasteiger partial charge in [0.25, 0.3) is 5.91 Å². The zero-order valence-corrected chi connectivity index (χ0v) is 17.5. The number of hydrogen-bond donors (Lipinski definition) is 0. The van der Waals surface area contributed by atoms with Crippen LogP contribution in [0.25, 0.3) is 5.82 Å². The Kier molecular flexibility index (Phi) is 6.20. The van der Waals surface area contributed by atoms with Gasteiger partial charge in [-0.1, -0.05) is 0 Å². The number of hydrogen-bond acceptors (Lipinski definition) is 6. The van der Waals surface area contributed by atoms with E-state index < -0.39 is 41.0 Å². The highest BCUT2D eigenvalue weighted by Crippen LogP contribution is 2.37. The molecule has 14 heteroatoms. The summed E-state index contributed by atoms with van der Waals surface area (Å²) >= 11 is 0. The number of morpholine rings is 1. The van der Waals surface area contributed by atoms with Crippen LogP contribution < -0.4 is 0 Å². The molecule has 1 amide bonds. The van der Waals surface area contributed by atoms with Gasteiger partial charge in [0, 0.05) is 18.3 Å². The Morgan fingerprint density at radius 1 is 1.06 bits per heavy atom. The smallest absolute Gasteiger partial charge is 0.377 e. The monoisotopic (exact) mass is 496 g/mol. The lowest BCUT2D eigenvalue weighted by Crippen LogP contribution is -2.44. The van der Waals surface area contributed by atoms with Gasteiger partial charge in [0.15, 0.2) is 11.6 Å². The molecule has 35 heavy (non-hydrogen) atoms. The Hall–Kier alpha value is -3.99. The van der Waals surface area contributed by atoms with Crippen molar-refractivity contribution in [3.05, 3.63) is 70.9 Å². The molecule has 8 nitrogen and oxygen atoms in total. The van der Waals surface area contributed by atoms with Crippen molar-refractivity contribution >= 4 is 5.91 Å². The third-order valence-electron chi connectivity index (χ3n) is 5.19. The average molecular weight is 496 g/mol. The second-order valence-electron chi connectivity index (χ2n) is 7.43. The molecular formula is C21H14F6N6O2. The van der Waals surface area contributed by atoms with E-state index in [2.05, 4.69) is 15.1 Å². The fraction of sp³-hybridized carbons (Fsp3) is 0.286. The Morgan fingerprint density at radius 2 is 1.74 bits per heavy atom. The number of carbonyl (C=O) groups is 1. The van der Waals surface area contributed by atoms with E-state index >= 15 is 0 Å². The van der Waals surface area contributed by atoms with Gasteiger partial charge in [0.05, 0.1) is 29.9 Å². The Balaban J connectivity index is 1.74. The Morgan fingerprint density at radius 3 is 2.31 bits per heavy atom. The van der Waals surface area contributed by atoms with Crippen molar-refractivity contribution in [3.8, 4) is 11.9 Å². The van der Waals surface area contributed by atoms with Crippen molar-refractivity contribution in [1.29, 1.82) is 5.26 Å². The predicted octanol–water partition coefficient (Wildman–Crippen LogP) is 3.79. The van der Waals surface area contributed by atoms with Crippen LogP contribution in [0.3, 0.4) is 0 Å². The van der Waals surface area contributed by atoms with Gasteiger partial charge in [-0.05, 0) is 30.3 Å². The van der Waals surface area contributed by atoms with Gasteiger partial charge in [0.2, 0.25) is 0 Å². The van der Waals surface area contributed by atoms with Crippen LogP contribution >= 0.6 is 0 Å². The number of rotatable bonds is 3. The standard InChI is InChI=1S/C21H14F6N6O2/c22-20(23,24)14-5-13(6-15(7-14)21(25,26)27)19(34)32-3-4-35-10-16(32)18-30-11-31-33(18)17-2-1-12(8-28)9-29-17/h1-2,5-7,9,11,16H,3-4,10H2. The highest BCUT2D eigenvalue weighted by Gasteiger charge is 2.39. The molecule has 2 aromatic heterocycles. The van der Waals surface area contributed by atoms with Crippen molar-refractivity contribution in [1.82, 2.24) is 24.6 Å². The molecule has 3 heterocycles. The SMILES string of the molecule is N#Cc1ccc(-n2ncnc2C2COCCN2C(=O)c2cc(C(F)(F)F)cc(C(F)(F)F)c2)nc1. The van der Waals surface area contributed by atoms with Crippen LogP contribution in [0.15, 0.2) is 42.9 Å². The normalized spacial score (nSPS) is 16.7. The van der Waals surface area contributed by atoms with Gasteiger partial charge >= 0.3 is 12.4 Å². The first-order chi connectivity index (χ1) is 16.5. The minimum absolute atomic E-state index is 0.0105. The second-order valence-corrected chi connectivity index (χ2v) is 7.43. The quantitative estimate of drug-likeness (QED) is 0.512. The summed E-state index contributed by atoms with van der Waals surface area (Å²) in [5, 5.41) is 13.0. The number of halogens is 6. The third kappa shape index (κ3) is 4.94. The first-order valence-corrected chi connectivity index (χ1v) is 9.93. The maximum atomic E-state index is 13.3. The molecule has 0 N–H and O–H groups in total. The molecule has 1 unspecified atom stereocenters. The fourth-order valence-electron chi connectivity index (χ4n) is 3.54. The summed E-state index contributed by atoms with van der Waals surface area (Å²) in [7, 11) is 0. The summed E-state index contributed by atoms with van der Waals surface area (Å²) in [5.74, 6) is -0.705. The second kappa shape index (κ2) is 8.99. The molecule has 1 atom stereocenters. The summed E-state index contributed by atoms with van der Waals surface area (Å²) in [4.78, 5) is 22.5. The zero-order chi connectivity index (χ0) is 25.4. The number of pyridine rings is 1. The summed E-state index contributed by atoms with van der Waals surface area (Å²) in [6.07, 6.45) is -7.76. The summed E-state index contributed by atoms with van der Waals surface area (Å²) in [5.41, 5.74) is -3.68. The molecule has 0 spiro atoms. The number of aromatic nitrogens is 4. The van der Waals surface area contributed by atoms with Crippen molar-refractivity contribution in [2.75, 3.05) is 19.8 Å². The van der Waals surface area contributed by atoms with E-state index in [1.54, 1.807) is 0 Å². The topological polar surface area (TPSA) is 96.9 Å². The van der Waals surface area contributed by atoms with E-state index in [-0.39, 0.29) is 43.0 Å². The van der Waals surface area contributed by atoms with E-state index in [4.69, 9.17) is 10.00 Å². The molecule has 1 fully saturated rings. The van der Waals surface area contributed by atoms with Crippen LogP contribution in [0.1, 0.15) is 38.9 Å². The molecular weight excluding hydrogens is 482 g/mol. The molecule has 0 radical (unpaired) electrons. The summed E-state index contributed by atoms with van der Waals surface area (Å²) in [6.45, 7) is -0.239. The van der Waals surface area contributed by atoms with Crippen LogP contribution in [0.4, 0.5) is 26.3 Å².